The van der Waals surface area contributed by atoms with Crippen molar-refractivity contribution in [1.29, 1.82) is 0 Å². The normalized spacial score (nSPS) is 20.3. The van der Waals surface area contributed by atoms with E-state index in [-0.39, 0.29) is 23.8 Å². The largest absolute Gasteiger partial charge is 0.346 e. The highest BCUT2D eigenvalue weighted by molar-refractivity contribution is 5.81. The standard InChI is InChI=1S/C19H31N5O2/c1-3-10-24-17(20-13-21-24)14(2)22-18(25)15-8-11-23(12-9-15)19(26)16-6-4-5-7-16/h13-16H,3-12H2,1-2H3,(H,22,25). The lowest BCUT2D eigenvalue weighted by atomic mass is 9.94. The second-order valence-corrected chi connectivity index (χ2v) is 7.65. The van der Waals surface area contributed by atoms with Gasteiger partial charge < -0.3 is 10.2 Å². The molecule has 1 aromatic rings. The number of hydrogen-bond donors (Lipinski definition) is 1. The van der Waals surface area contributed by atoms with Crippen LogP contribution in [-0.4, -0.2) is 44.6 Å². The molecule has 0 aromatic carbocycles. The smallest absolute Gasteiger partial charge is 0.225 e. The maximum atomic E-state index is 12.6. The Morgan fingerprint density at radius 1 is 1.19 bits per heavy atom. The van der Waals surface area contributed by atoms with Crippen LogP contribution in [0, 0.1) is 11.8 Å². The van der Waals surface area contributed by atoms with Crippen LogP contribution < -0.4 is 5.32 Å². The molecule has 1 aromatic heterocycles. The van der Waals surface area contributed by atoms with Gasteiger partial charge in [0.15, 0.2) is 0 Å². The summed E-state index contributed by atoms with van der Waals surface area (Å²) in [7, 11) is 0. The average Bonchev–Trinajstić information content (AvgIpc) is 3.33. The quantitative estimate of drug-likeness (QED) is 0.843. The lowest BCUT2D eigenvalue weighted by Gasteiger charge is -2.33. The molecule has 2 amide bonds. The molecule has 1 unspecified atom stereocenters. The molecule has 1 aliphatic heterocycles. The van der Waals surface area contributed by atoms with Gasteiger partial charge in [0.05, 0.1) is 6.04 Å². The molecule has 7 heteroatoms. The Hall–Kier alpha value is -1.92. The van der Waals surface area contributed by atoms with E-state index in [0.717, 1.165) is 44.5 Å². The number of carbonyl (C=O) groups excluding carboxylic acids is 2. The van der Waals surface area contributed by atoms with Crippen LogP contribution in [0.1, 0.15) is 70.7 Å². The molecule has 1 atom stereocenters. The number of rotatable bonds is 6. The van der Waals surface area contributed by atoms with Crippen molar-refractivity contribution in [2.75, 3.05) is 13.1 Å². The Bertz CT molecular complexity index is 615. The van der Waals surface area contributed by atoms with Gasteiger partial charge in [-0.1, -0.05) is 19.8 Å². The van der Waals surface area contributed by atoms with Crippen molar-refractivity contribution < 1.29 is 9.59 Å². The van der Waals surface area contributed by atoms with Crippen molar-refractivity contribution in [3.05, 3.63) is 12.2 Å². The summed E-state index contributed by atoms with van der Waals surface area (Å²) >= 11 is 0. The number of aromatic nitrogens is 3. The van der Waals surface area contributed by atoms with Crippen LogP contribution >= 0.6 is 0 Å². The Morgan fingerprint density at radius 3 is 2.54 bits per heavy atom. The van der Waals surface area contributed by atoms with E-state index in [1.54, 1.807) is 6.33 Å². The molecular weight excluding hydrogens is 330 g/mol. The minimum atomic E-state index is -0.158. The van der Waals surface area contributed by atoms with Gasteiger partial charge in [-0.2, -0.15) is 5.10 Å². The maximum Gasteiger partial charge on any atom is 0.225 e. The zero-order valence-corrected chi connectivity index (χ0v) is 16.0. The monoisotopic (exact) mass is 361 g/mol. The van der Waals surface area contributed by atoms with Gasteiger partial charge in [-0.3, -0.25) is 9.59 Å². The molecular formula is C19H31N5O2. The van der Waals surface area contributed by atoms with E-state index < -0.39 is 0 Å². The summed E-state index contributed by atoms with van der Waals surface area (Å²) in [4.78, 5) is 31.4. The minimum absolute atomic E-state index is 0.0207. The fourth-order valence-electron chi connectivity index (χ4n) is 4.18. The van der Waals surface area contributed by atoms with Crippen LogP contribution in [0.5, 0.6) is 0 Å². The van der Waals surface area contributed by atoms with E-state index in [1.807, 2.05) is 16.5 Å². The third kappa shape index (κ3) is 4.24. The Kier molecular flexibility index (Phi) is 6.27. The minimum Gasteiger partial charge on any atom is -0.346 e. The van der Waals surface area contributed by atoms with E-state index in [4.69, 9.17) is 0 Å². The number of nitrogens with one attached hydrogen (secondary N) is 1. The lowest BCUT2D eigenvalue weighted by molar-refractivity contribution is -0.139. The molecule has 2 fully saturated rings. The van der Waals surface area contributed by atoms with Gasteiger partial charge >= 0.3 is 0 Å². The van der Waals surface area contributed by atoms with E-state index in [1.165, 1.54) is 12.8 Å². The van der Waals surface area contributed by atoms with Gasteiger partial charge in [-0.05, 0) is 39.0 Å². The van der Waals surface area contributed by atoms with Crippen LogP contribution in [-0.2, 0) is 16.1 Å². The molecule has 144 valence electrons. The van der Waals surface area contributed by atoms with E-state index in [2.05, 4.69) is 22.3 Å². The Labute approximate surface area is 155 Å². The number of piperidine rings is 1. The lowest BCUT2D eigenvalue weighted by Crippen LogP contribution is -2.45. The van der Waals surface area contributed by atoms with Crippen molar-refractivity contribution in [3.8, 4) is 0 Å². The van der Waals surface area contributed by atoms with Crippen LogP contribution in [0.25, 0.3) is 0 Å². The highest BCUT2D eigenvalue weighted by atomic mass is 16.2. The Balaban J connectivity index is 1.48. The summed E-state index contributed by atoms with van der Waals surface area (Å²) < 4.78 is 1.85. The summed E-state index contributed by atoms with van der Waals surface area (Å²) in [5.74, 6) is 1.38. The zero-order chi connectivity index (χ0) is 18.5. The molecule has 3 rings (SSSR count). The number of likely N-dealkylation sites (tertiary alicyclic amines) is 1. The molecule has 0 spiro atoms. The highest BCUT2D eigenvalue weighted by Gasteiger charge is 2.32. The molecule has 7 nitrogen and oxygen atoms in total. The molecule has 1 saturated heterocycles. The first-order chi connectivity index (χ1) is 12.6. The molecule has 0 radical (unpaired) electrons. The summed E-state index contributed by atoms with van der Waals surface area (Å²) in [6.07, 6.45) is 8.44. The first-order valence-electron chi connectivity index (χ1n) is 10.1. The van der Waals surface area contributed by atoms with Crippen molar-refractivity contribution in [3.63, 3.8) is 0 Å². The summed E-state index contributed by atoms with van der Waals surface area (Å²) in [6.45, 7) is 6.25. The van der Waals surface area contributed by atoms with Crippen LogP contribution in [0.15, 0.2) is 6.33 Å². The van der Waals surface area contributed by atoms with Gasteiger partial charge in [-0.15, -0.1) is 0 Å². The van der Waals surface area contributed by atoms with Crippen molar-refractivity contribution >= 4 is 11.8 Å². The second kappa shape index (κ2) is 8.64. The first kappa shape index (κ1) is 18.9. The Morgan fingerprint density at radius 2 is 1.88 bits per heavy atom. The zero-order valence-electron chi connectivity index (χ0n) is 16.0. The highest BCUT2D eigenvalue weighted by Crippen LogP contribution is 2.28. The van der Waals surface area contributed by atoms with Crippen LogP contribution in [0.4, 0.5) is 0 Å². The molecule has 26 heavy (non-hydrogen) atoms. The third-order valence-corrected chi connectivity index (χ3v) is 5.71. The fourth-order valence-corrected chi connectivity index (χ4v) is 4.18. The maximum absolute atomic E-state index is 12.6. The predicted molar refractivity (Wildman–Crippen MR) is 98.1 cm³/mol. The van der Waals surface area contributed by atoms with Crippen molar-refractivity contribution in [1.82, 2.24) is 25.0 Å². The van der Waals surface area contributed by atoms with Gasteiger partial charge in [0.25, 0.3) is 0 Å². The van der Waals surface area contributed by atoms with E-state index in [9.17, 15) is 9.59 Å². The summed E-state index contributed by atoms with van der Waals surface area (Å²) in [5, 5.41) is 7.31. The van der Waals surface area contributed by atoms with Crippen molar-refractivity contribution in [2.24, 2.45) is 11.8 Å². The number of amides is 2. The molecule has 2 aliphatic rings. The first-order valence-corrected chi connectivity index (χ1v) is 10.1. The van der Waals surface area contributed by atoms with Gasteiger partial charge in [0.2, 0.25) is 11.8 Å². The topological polar surface area (TPSA) is 80.1 Å². The summed E-state index contributed by atoms with van der Waals surface area (Å²) in [6, 6.07) is -0.158. The molecule has 0 bridgehead atoms. The predicted octanol–water partition coefficient (Wildman–Crippen LogP) is 2.29. The van der Waals surface area contributed by atoms with Gasteiger partial charge in [0.1, 0.15) is 12.2 Å². The number of nitrogens with zero attached hydrogens (tertiary/aromatic N) is 4. The molecule has 1 N–H and O–H groups in total. The third-order valence-electron chi connectivity index (χ3n) is 5.71. The SMILES string of the molecule is CCCn1ncnc1C(C)NC(=O)C1CCN(C(=O)C2CCCC2)CC1. The van der Waals surface area contributed by atoms with Gasteiger partial charge in [0, 0.05) is 31.5 Å². The number of carbonyl (C=O) groups is 2. The van der Waals surface area contributed by atoms with E-state index >= 15 is 0 Å². The van der Waals surface area contributed by atoms with Crippen molar-refractivity contribution in [2.45, 2.75) is 71.4 Å². The molecule has 1 aliphatic carbocycles. The second-order valence-electron chi connectivity index (χ2n) is 7.65. The number of hydrogen-bond acceptors (Lipinski definition) is 4. The van der Waals surface area contributed by atoms with Gasteiger partial charge in [-0.25, -0.2) is 9.67 Å². The van der Waals surface area contributed by atoms with Crippen LogP contribution in [0.3, 0.4) is 0 Å². The number of aryl methyl sites for hydroxylation is 1. The molecule has 1 saturated carbocycles. The average molecular weight is 361 g/mol. The van der Waals surface area contributed by atoms with Crippen LogP contribution in [0.2, 0.25) is 0 Å². The molecule has 2 heterocycles. The van der Waals surface area contributed by atoms with E-state index in [0.29, 0.717) is 19.0 Å². The summed E-state index contributed by atoms with van der Waals surface area (Å²) in [5.41, 5.74) is 0. The fraction of sp³-hybridized carbons (Fsp3) is 0.789.